The molecule has 0 spiro atoms. The number of aromatic nitrogens is 2. The summed E-state index contributed by atoms with van der Waals surface area (Å²) in [6.45, 7) is 5.41. The molecule has 0 aliphatic carbocycles. The van der Waals surface area contributed by atoms with Gasteiger partial charge in [0.05, 0.1) is 11.4 Å². The highest BCUT2D eigenvalue weighted by Gasteiger charge is 2.27. The topological polar surface area (TPSA) is 76.8 Å². The lowest BCUT2D eigenvalue weighted by Crippen LogP contribution is -2.53. The molecule has 0 saturated carbocycles. The number of anilines is 1. The fraction of sp³-hybridized carbons (Fsp3) is 0.320. The van der Waals surface area contributed by atoms with Gasteiger partial charge in [0.15, 0.2) is 6.61 Å². The zero-order valence-corrected chi connectivity index (χ0v) is 19.2. The van der Waals surface area contributed by atoms with Crippen LogP contribution in [0.3, 0.4) is 0 Å². The highest BCUT2D eigenvalue weighted by atomic mass is 19.1. The summed E-state index contributed by atoms with van der Waals surface area (Å²) in [7, 11) is 0. The lowest BCUT2D eigenvalue weighted by Gasteiger charge is -2.36. The number of ether oxygens (including phenoxy) is 1. The monoisotopic (exact) mass is 466 g/mol. The van der Waals surface area contributed by atoms with Gasteiger partial charge in [-0.3, -0.25) is 18.7 Å². The molecule has 4 rings (SSSR count). The molecule has 1 fully saturated rings. The summed E-state index contributed by atoms with van der Waals surface area (Å²) >= 11 is 0. The van der Waals surface area contributed by atoms with Gasteiger partial charge < -0.3 is 14.5 Å². The number of benzene rings is 2. The van der Waals surface area contributed by atoms with Crippen molar-refractivity contribution in [3.05, 3.63) is 86.9 Å². The summed E-state index contributed by atoms with van der Waals surface area (Å²) in [5.41, 5.74) is 1.05. The van der Waals surface area contributed by atoms with Gasteiger partial charge in [0.1, 0.15) is 17.3 Å². The lowest BCUT2D eigenvalue weighted by molar-refractivity contribution is -0.133. The number of hydrogen-bond acceptors (Lipinski definition) is 5. The summed E-state index contributed by atoms with van der Waals surface area (Å²) < 4.78 is 21.3. The first kappa shape index (κ1) is 23.3. The number of para-hydroxylation sites is 1. The third kappa shape index (κ3) is 4.59. The average molecular weight is 467 g/mol. The van der Waals surface area contributed by atoms with Crippen LogP contribution in [0.15, 0.2) is 64.2 Å². The van der Waals surface area contributed by atoms with Gasteiger partial charge in [-0.05, 0) is 50.2 Å². The van der Waals surface area contributed by atoms with Crippen LogP contribution in [0.4, 0.5) is 10.1 Å². The molecule has 1 aliphatic rings. The first-order chi connectivity index (χ1) is 16.4. The van der Waals surface area contributed by atoms with Crippen LogP contribution in [0, 0.1) is 12.7 Å². The van der Waals surface area contributed by atoms with Crippen LogP contribution in [-0.4, -0.2) is 52.7 Å². The van der Waals surface area contributed by atoms with Crippen molar-refractivity contribution < 1.29 is 13.9 Å². The van der Waals surface area contributed by atoms with E-state index in [-0.39, 0.29) is 36.1 Å². The largest absolute Gasteiger partial charge is 0.484 e. The maximum absolute atomic E-state index is 13.2. The Labute approximate surface area is 196 Å². The van der Waals surface area contributed by atoms with E-state index in [1.165, 1.54) is 28.8 Å². The van der Waals surface area contributed by atoms with E-state index in [9.17, 15) is 18.8 Å². The van der Waals surface area contributed by atoms with Crippen molar-refractivity contribution in [3.63, 3.8) is 0 Å². The Morgan fingerprint density at radius 1 is 0.971 bits per heavy atom. The van der Waals surface area contributed by atoms with E-state index in [2.05, 4.69) is 0 Å². The van der Waals surface area contributed by atoms with Gasteiger partial charge in [0.25, 0.3) is 11.5 Å². The Morgan fingerprint density at radius 2 is 1.62 bits per heavy atom. The minimum absolute atomic E-state index is 0.147. The summed E-state index contributed by atoms with van der Waals surface area (Å²) in [4.78, 5) is 42.5. The molecule has 34 heavy (non-hydrogen) atoms. The molecule has 3 aromatic rings. The number of carbonyl (C=O) groups is 1. The van der Waals surface area contributed by atoms with Crippen LogP contribution in [0.1, 0.15) is 12.6 Å². The van der Waals surface area contributed by atoms with Gasteiger partial charge in [-0.25, -0.2) is 9.18 Å². The fourth-order valence-corrected chi connectivity index (χ4v) is 4.21. The Morgan fingerprint density at radius 3 is 2.24 bits per heavy atom. The van der Waals surface area contributed by atoms with E-state index >= 15 is 0 Å². The van der Waals surface area contributed by atoms with E-state index < -0.39 is 0 Å². The van der Waals surface area contributed by atoms with Gasteiger partial charge in [-0.1, -0.05) is 18.2 Å². The van der Waals surface area contributed by atoms with Crippen LogP contribution < -0.4 is 20.9 Å². The second-order valence-corrected chi connectivity index (χ2v) is 8.05. The van der Waals surface area contributed by atoms with Crippen molar-refractivity contribution in [3.8, 4) is 11.4 Å². The second kappa shape index (κ2) is 9.94. The van der Waals surface area contributed by atoms with Crippen molar-refractivity contribution >= 4 is 11.6 Å². The molecule has 1 aromatic heterocycles. The Bertz CT molecular complexity index is 1280. The summed E-state index contributed by atoms with van der Waals surface area (Å²) in [6.07, 6.45) is 0. The molecule has 178 valence electrons. The molecule has 0 N–H and O–H groups in total. The Kier molecular flexibility index (Phi) is 6.81. The van der Waals surface area contributed by atoms with Crippen LogP contribution in [-0.2, 0) is 11.3 Å². The van der Waals surface area contributed by atoms with E-state index in [0.717, 1.165) is 0 Å². The standard InChI is InChI=1S/C25H27FN4O4/c1-3-29-24(32)23(18(2)30(25(29)33)20-7-5-4-6-8-20)28-15-13-27(14-16-28)22(31)17-34-21-11-9-19(26)10-12-21/h4-12H,3,13-17H2,1-2H3. The third-order valence-corrected chi connectivity index (χ3v) is 6.00. The minimum atomic E-state index is -0.370. The van der Waals surface area contributed by atoms with E-state index in [4.69, 9.17) is 4.74 Å². The lowest BCUT2D eigenvalue weighted by atomic mass is 10.2. The molecular weight excluding hydrogens is 439 g/mol. The highest BCUT2D eigenvalue weighted by Crippen LogP contribution is 2.19. The second-order valence-electron chi connectivity index (χ2n) is 8.05. The number of piperazine rings is 1. The molecule has 9 heteroatoms. The molecule has 8 nitrogen and oxygen atoms in total. The summed E-state index contributed by atoms with van der Waals surface area (Å²) in [6, 6.07) is 14.7. The molecule has 0 radical (unpaired) electrons. The van der Waals surface area contributed by atoms with Crippen LogP contribution in [0.5, 0.6) is 5.75 Å². The number of nitrogens with zero attached hydrogens (tertiary/aromatic N) is 4. The van der Waals surface area contributed by atoms with Gasteiger partial charge in [-0.2, -0.15) is 0 Å². The number of halogens is 1. The van der Waals surface area contributed by atoms with Gasteiger partial charge in [0, 0.05) is 32.7 Å². The van der Waals surface area contributed by atoms with Crippen LogP contribution >= 0.6 is 0 Å². The molecular formula is C25H27FN4O4. The minimum Gasteiger partial charge on any atom is -0.484 e. The van der Waals surface area contributed by atoms with Crippen molar-refractivity contribution in [2.45, 2.75) is 20.4 Å². The Balaban J connectivity index is 1.52. The predicted octanol–water partition coefficient (Wildman–Crippen LogP) is 2.19. The van der Waals surface area contributed by atoms with Crippen molar-refractivity contribution in [2.24, 2.45) is 0 Å². The molecule has 1 saturated heterocycles. The SMILES string of the molecule is CCn1c(=O)c(N2CCN(C(=O)COc3ccc(F)cc3)CC2)c(C)n(-c2ccccc2)c1=O. The molecule has 2 heterocycles. The molecule has 0 unspecified atom stereocenters. The molecule has 2 aromatic carbocycles. The van der Waals surface area contributed by atoms with Gasteiger partial charge >= 0.3 is 5.69 Å². The third-order valence-electron chi connectivity index (χ3n) is 6.00. The van der Waals surface area contributed by atoms with Crippen LogP contribution in [0.25, 0.3) is 5.69 Å². The molecule has 1 aliphatic heterocycles. The maximum Gasteiger partial charge on any atom is 0.335 e. The first-order valence-corrected chi connectivity index (χ1v) is 11.2. The summed E-state index contributed by atoms with van der Waals surface area (Å²) in [5, 5.41) is 0. The van der Waals surface area contributed by atoms with Crippen molar-refractivity contribution in [1.29, 1.82) is 0 Å². The number of rotatable bonds is 6. The van der Waals surface area contributed by atoms with E-state index in [1.54, 1.807) is 23.3 Å². The van der Waals surface area contributed by atoms with Gasteiger partial charge in [0.2, 0.25) is 0 Å². The zero-order valence-electron chi connectivity index (χ0n) is 19.2. The Hall–Kier alpha value is -3.88. The predicted molar refractivity (Wildman–Crippen MR) is 127 cm³/mol. The van der Waals surface area contributed by atoms with Crippen molar-refractivity contribution in [1.82, 2.24) is 14.0 Å². The van der Waals surface area contributed by atoms with Crippen molar-refractivity contribution in [2.75, 3.05) is 37.7 Å². The smallest absolute Gasteiger partial charge is 0.335 e. The number of amides is 1. The van der Waals surface area contributed by atoms with E-state index in [1.807, 2.05) is 35.2 Å². The first-order valence-electron chi connectivity index (χ1n) is 11.2. The van der Waals surface area contributed by atoms with Gasteiger partial charge in [-0.15, -0.1) is 0 Å². The molecule has 0 bridgehead atoms. The highest BCUT2D eigenvalue weighted by molar-refractivity contribution is 5.78. The van der Waals surface area contributed by atoms with Crippen LogP contribution in [0.2, 0.25) is 0 Å². The normalized spacial score (nSPS) is 13.7. The molecule has 0 atom stereocenters. The zero-order chi connectivity index (χ0) is 24.2. The number of hydrogen-bond donors (Lipinski definition) is 0. The summed E-state index contributed by atoms with van der Waals surface area (Å²) in [5.74, 6) is -0.126. The quantitative estimate of drug-likeness (QED) is 0.557. The van der Waals surface area contributed by atoms with E-state index in [0.29, 0.717) is 49.0 Å². The fourth-order valence-electron chi connectivity index (χ4n) is 4.21. The maximum atomic E-state index is 13.2. The number of carbonyl (C=O) groups excluding carboxylic acids is 1. The molecule has 1 amide bonds. The average Bonchev–Trinajstić information content (AvgIpc) is 2.85.